The summed E-state index contributed by atoms with van der Waals surface area (Å²) in [7, 11) is 1.66. The van der Waals surface area contributed by atoms with Gasteiger partial charge in [-0.3, -0.25) is 9.59 Å². The van der Waals surface area contributed by atoms with E-state index in [4.69, 9.17) is 74.8 Å². The first-order valence-corrected chi connectivity index (χ1v) is 50.3. The smallest absolute Gasteiger partial charge is 0.223 e. The maximum atomic E-state index is 12.0. The van der Waals surface area contributed by atoms with Crippen molar-refractivity contribution in [2.24, 2.45) is 32.5 Å². The van der Waals surface area contributed by atoms with Gasteiger partial charge in [0.05, 0.1) is 7.11 Å². The minimum absolute atomic E-state index is 0.0807. The molecule has 6 aliphatic rings. The average Bonchev–Trinajstić information content (AvgIpc) is 0.779. The van der Waals surface area contributed by atoms with Crippen LogP contribution in [0.25, 0.3) is 0 Å². The number of nitrogens with one attached hydrogen (secondary N) is 4. The third-order valence-corrected chi connectivity index (χ3v) is 28.0. The third kappa shape index (κ3) is 27.9. The van der Waals surface area contributed by atoms with E-state index in [1.807, 2.05) is 168 Å². The molecule has 0 bridgehead atoms. The van der Waals surface area contributed by atoms with Crippen LogP contribution in [0.15, 0.2) is 261 Å². The van der Waals surface area contributed by atoms with Crippen LogP contribution in [0.1, 0.15) is 257 Å². The average molecular weight is 1940 g/mol. The summed E-state index contributed by atoms with van der Waals surface area (Å²) in [6, 6.07) is 86.0. The van der Waals surface area contributed by atoms with E-state index in [0.717, 1.165) is 152 Å². The molecule has 0 radical (unpaired) electrons. The highest BCUT2D eigenvalue weighted by Crippen LogP contribution is 2.53. The Hall–Kier alpha value is -11.3. The van der Waals surface area contributed by atoms with E-state index in [1.165, 1.54) is 73.7 Å². The number of nitrogens with zero attached hydrogens (tertiary/aromatic N) is 2. The molecule has 18 rings (SSSR count). The van der Waals surface area contributed by atoms with Crippen molar-refractivity contribution < 1.29 is 38.0 Å². The largest absolute Gasteiger partial charge is 0.493 e. The molecule has 6 atom stereocenters. The van der Waals surface area contributed by atoms with Crippen molar-refractivity contribution in [1.29, 1.82) is 0 Å². The van der Waals surface area contributed by atoms with Gasteiger partial charge in [0.2, 0.25) is 11.8 Å². The van der Waals surface area contributed by atoms with Crippen LogP contribution in [-0.4, -0.2) is 58.2 Å². The molecule has 0 spiro atoms. The van der Waals surface area contributed by atoms with Gasteiger partial charge in [0.15, 0.2) is 11.5 Å². The Bertz CT molecular complexity index is 6120. The van der Waals surface area contributed by atoms with Gasteiger partial charge in [-0.1, -0.05) is 238 Å². The van der Waals surface area contributed by atoms with Crippen LogP contribution in [0.3, 0.4) is 0 Å². The molecule has 0 saturated heterocycles. The molecule has 138 heavy (non-hydrogen) atoms. The minimum Gasteiger partial charge on any atom is -0.493 e. The molecule has 12 aromatic carbocycles. The van der Waals surface area contributed by atoms with Gasteiger partial charge in [-0.25, -0.2) is 0 Å². The second-order valence-corrected chi connectivity index (χ2v) is 45.3. The van der Waals surface area contributed by atoms with E-state index in [0.29, 0.717) is 61.7 Å². The number of methoxy groups -OCH3 is 1. The number of carbonyl (C=O) groups is 2. The zero-order valence-electron chi connectivity index (χ0n) is 84.7. The Balaban J connectivity index is 0.000000140. The van der Waals surface area contributed by atoms with Crippen LogP contribution >= 0.6 is 46.4 Å². The van der Waals surface area contributed by atoms with Gasteiger partial charge in [-0.15, -0.1) is 0 Å². The number of fused-ring (bicyclic) bond motifs is 6. The molecule has 12 aromatic rings. The Morgan fingerprint density at radius 2 is 0.594 bits per heavy atom. The van der Waals surface area contributed by atoms with E-state index < -0.39 is 0 Å². The molecule has 6 aliphatic heterocycles. The Morgan fingerprint density at radius 1 is 0.283 bits per heavy atom. The van der Waals surface area contributed by atoms with Crippen molar-refractivity contribution in [3.63, 3.8) is 0 Å². The molecule has 14 nitrogen and oxygen atoms in total. The topological polar surface area (TPSA) is 144 Å². The highest BCUT2D eigenvalue weighted by atomic mass is 35.5. The fraction of sp³-hybridized carbons (Fsp3) is 0.383. The van der Waals surface area contributed by atoms with E-state index >= 15 is 0 Å². The van der Waals surface area contributed by atoms with Crippen LogP contribution in [0.2, 0.25) is 20.1 Å². The van der Waals surface area contributed by atoms with Crippen LogP contribution in [0, 0.1) is 32.5 Å². The van der Waals surface area contributed by atoms with Crippen LogP contribution in [-0.2, 0) is 16.0 Å². The van der Waals surface area contributed by atoms with Crippen molar-refractivity contribution in [2.75, 3.05) is 77.4 Å². The summed E-state index contributed by atoms with van der Waals surface area (Å²) in [5, 5.41) is 16.8. The molecule has 6 heterocycles. The van der Waals surface area contributed by atoms with Gasteiger partial charge in [-0.05, 0) is 352 Å². The predicted molar refractivity (Wildman–Crippen MR) is 578 cm³/mol. The summed E-state index contributed by atoms with van der Waals surface area (Å²) in [5.74, 6) is 11.8. The van der Waals surface area contributed by atoms with Crippen LogP contribution < -0.4 is 59.5 Å². The highest BCUT2D eigenvalue weighted by molar-refractivity contribution is 6.31. The molecule has 0 saturated carbocycles. The van der Waals surface area contributed by atoms with Gasteiger partial charge in [0.1, 0.15) is 51.7 Å². The molecule has 0 fully saturated rings. The van der Waals surface area contributed by atoms with E-state index in [-0.39, 0.29) is 38.9 Å². The Labute approximate surface area is 842 Å². The maximum absolute atomic E-state index is 12.0. The maximum Gasteiger partial charge on any atom is 0.223 e. The highest BCUT2D eigenvalue weighted by Gasteiger charge is 2.39. The van der Waals surface area contributed by atoms with Gasteiger partial charge in [0.25, 0.3) is 0 Å². The number of carbonyl (C=O) groups excluding carboxylic acids is 2. The number of rotatable bonds is 13. The van der Waals surface area contributed by atoms with Gasteiger partial charge in [0, 0.05) is 107 Å². The SMILES string of the molecule is CC(=O)N1CCC(C(C)(C)C)c2cc(Oc3ccc(Cl)cc3)ccc21.CC(=O)N1CCC(C(C)(C)C)c2cc(Oc3cccc(Cl)c3)ccc21.CC(C)(C)C1CCNc2cc(Cc3ccccc3)ccc21.CC(C)(C)C1CCNc2ccc(Oc3ccc(Cl)cc3)cc21.CC(C)(C)C1CCNc2ccc(Oc3cccc(Cl)c3)cc21.COc1ccccc1Oc1ccc2c(c1)C(C(C)(C)C)CCN2. The number of ether oxygens (including phenoxy) is 6. The van der Waals surface area contributed by atoms with E-state index in [2.05, 4.69) is 243 Å². The van der Waals surface area contributed by atoms with Crippen molar-refractivity contribution in [2.45, 2.75) is 219 Å². The number of para-hydroxylation sites is 2. The number of anilines is 6. The summed E-state index contributed by atoms with van der Waals surface area (Å²) in [6.07, 6.45) is 7.61. The predicted octanol–water partition coefficient (Wildman–Crippen LogP) is 34.8. The van der Waals surface area contributed by atoms with Crippen LogP contribution in [0.4, 0.5) is 34.1 Å². The summed E-state index contributed by atoms with van der Waals surface area (Å²) in [6.45, 7) is 50.2. The molecule has 4 N–H and O–H groups in total. The number of benzene rings is 12. The lowest BCUT2D eigenvalue weighted by molar-refractivity contribution is -0.117. The fourth-order valence-electron chi connectivity index (χ4n) is 20.0. The quantitative estimate of drug-likeness (QED) is 0.0872. The lowest BCUT2D eigenvalue weighted by Gasteiger charge is -2.40. The first kappa shape index (κ1) is 104. The second-order valence-electron chi connectivity index (χ2n) is 43.5. The second kappa shape index (κ2) is 45.3. The monoisotopic (exact) mass is 1930 g/mol. The molecule has 18 heteroatoms. The van der Waals surface area contributed by atoms with Crippen molar-refractivity contribution in [3.8, 4) is 63.2 Å². The molecular formula is C120H142Cl4N6O8. The Morgan fingerprint density at radius 3 is 0.957 bits per heavy atom. The zero-order chi connectivity index (χ0) is 99.2. The van der Waals surface area contributed by atoms with Gasteiger partial charge < -0.3 is 59.5 Å². The molecule has 0 aromatic heterocycles. The Kier molecular flexibility index (Phi) is 34.2. The fourth-order valence-corrected chi connectivity index (χ4v) is 20.6. The van der Waals surface area contributed by atoms with Crippen molar-refractivity contribution in [1.82, 2.24) is 0 Å². The number of halogens is 4. The standard InChI is InChI=1S/2C21H24ClNO2.C20H25NO2.C20H25N.2C19H22ClNO/c1-14(24)23-12-11-19(21(2,3)4)18-13-17(9-10-20(18)23)25-16-7-5-15(22)6-8-16;1-14(24)23-11-10-19(21(2,3)4)18-13-17(8-9-20(18)23)25-16-7-5-6-15(22)12-16;1-20(2,3)16-11-12-21-17-10-9-14(13-15(16)17)23-19-8-6-5-7-18(19)22-4;1-20(2,3)18-11-12-21-19-14-16(9-10-17(18)19)13-15-7-5-4-6-8-15;1-19(2,3)17-10-11-21-18-9-8-15(12-16(17)18)22-14-6-4-13(20)5-7-14;1-19(2,3)17-9-10-21-18-8-7-15(12-16(17)18)22-14-6-4-5-13(20)11-14/h5-10,13,19H,11-12H2,1-4H3;5-9,12-13,19H,10-11H2,1-4H3;5-10,13,16,21H,11-12H2,1-4H3;4-10,14,18,21H,11-13H2,1-3H3;4-9,12,17,21H,10-11H2,1-3H3;4-8,11-12,17,21H,9-10H2,1-3H3. The summed E-state index contributed by atoms with van der Waals surface area (Å²) < 4.78 is 35.4. The van der Waals surface area contributed by atoms with Crippen molar-refractivity contribution in [3.05, 3.63) is 325 Å². The summed E-state index contributed by atoms with van der Waals surface area (Å²) in [4.78, 5) is 27.7. The zero-order valence-corrected chi connectivity index (χ0v) is 87.7. The lowest BCUT2D eigenvalue weighted by Crippen LogP contribution is -2.37. The van der Waals surface area contributed by atoms with E-state index in [1.54, 1.807) is 27.0 Å². The molecule has 6 unspecified atom stereocenters. The first-order chi connectivity index (χ1) is 65.4. The van der Waals surface area contributed by atoms with Crippen LogP contribution in [0.5, 0.6) is 63.2 Å². The van der Waals surface area contributed by atoms with Gasteiger partial charge in [-0.2, -0.15) is 0 Å². The first-order valence-electron chi connectivity index (χ1n) is 48.8. The minimum atomic E-state index is 0.0807. The number of hydrogen-bond donors (Lipinski definition) is 4. The van der Waals surface area contributed by atoms with Gasteiger partial charge >= 0.3 is 0 Å². The third-order valence-electron chi connectivity index (χ3n) is 27.0. The lowest BCUT2D eigenvalue weighted by atomic mass is 9.72. The molecular weight excluding hydrogens is 1800 g/mol. The summed E-state index contributed by atoms with van der Waals surface area (Å²) in [5.41, 5.74) is 19.0. The van der Waals surface area contributed by atoms with E-state index in [9.17, 15) is 9.59 Å². The normalized spacial score (nSPS) is 17.4. The number of amides is 2. The molecule has 728 valence electrons. The molecule has 0 aliphatic carbocycles. The number of hydrogen-bond acceptors (Lipinski definition) is 12. The summed E-state index contributed by atoms with van der Waals surface area (Å²) >= 11 is 23.9. The molecule has 2 amide bonds. The van der Waals surface area contributed by atoms with Crippen molar-refractivity contribution >= 4 is 92.3 Å².